The molecule has 0 amide bonds. The summed E-state index contributed by atoms with van der Waals surface area (Å²) < 4.78 is 5.93. The summed E-state index contributed by atoms with van der Waals surface area (Å²) in [5, 5.41) is 26.2. The van der Waals surface area contributed by atoms with Gasteiger partial charge < -0.3 is 14.9 Å². The number of thioether (sulfide) groups is 1. The lowest BCUT2D eigenvalue weighted by Gasteiger charge is -2.09. The van der Waals surface area contributed by atoms with E-state index in [2.05, 4.69) is 15.2 Å². The van der Waals surface area contributed by atoms with Gasteiger partial charge in [0.2, 0.25) is 5.16 Å². The van der Waals surface area contributed by atoms with E-state index in [1.165, 1.54) is 6.08 Å². The molecule has 0 aliphatic heterocycles. The van der Waals surface area contributed by atoms with Gasteiger partial charge in [0.1, 0.15) is 10.7 Å². The molecule has 23 heavy (non-hydrogen) atoms. The molecule has 122 valence electrons. The molecule has 9 heteroatoms. The van der Waals surface area contributed by atoms with Gasteiger partial charge in [-0.25, -0.2) is 9.78 Å². The van der Waals surface area contributed by atoms with E-state index in [-0.39, 0.29) is 10.7 Å². The number of carboxylic acids is 1. The van der Waals surface area contributed by atoms with Gasteiger partial charge in [-0.3, -0.25) is 5.10 Å². The number of aromatic hydroxyl groups is 1. The molecule has 1 heterocycles. The first-order chi connectivity index (χ1) is 10.9. The van der Waals surface area contributed by atoms with Crippen molar-refractivity contribution in [1.29, 1.82) is 0 Å². The number of nitrogens with zero attached hydrogens (tertiary/aromatic N) is 2. The normalized spacial score (nSPS) is 11.5. The van der Waals surface area contributed by atoms with Crippen LogP contribution in [0.2, 0.25) is 0 Å². The number of phenols is 1. The first-order valence-corrected chi connectivity index (χ1v) is 8.47. The van der Waals surface area contributed by atoms with Crippen LogP contribution in [0.5, 0.6) is 11.5 Å². The van der Waals surface area contributed by atoms with Crippen LogP contribution in [0.25, 0.3) is 6.08 Å². The van der Waals surface area contributed by atoms with Gasteiger partial charge in [0.25, 0.3) is 0 Å². The molecular formula is C14H14IN3O4S. The Hall–Kier alpha value is -1.75. The lowest BCUT2D eigenvalue weighted by atomic mass is 10.2. The SMILES string of the molecule is CCOc1cc(/C=C(\Sc2n[nH]c(C)n2)C(=O)O)cc(I)c1O. The summed E-state index contributed by atoms with van der Waals surface area (Å²) >= 11 is 2.91. The molecule has 3 N–H and O–H groups in total. The van der Waals surface area contributed by atoms with Crippen molar-refractivity contribution in [2.45, 2.75) is 19.0 Å². The van der Waals surface area contributed by atoms with Crippen molar-refractivity contribution in [2.24, 2.45) is 0 Å². The van der Waals surface area contributed by atoms with Crippen LogP contribution in [-0.2, 0) is 4.79 Å². The number of hydrogen-bond acceptors (Lipinski definition) is 6. The zero-order valence-corrected chi connectivity index (χ0v) is 15.3. The Kier molecular flexibility index (Phi) is 5.88. The molecule has 0 atom stereocenters. The first kappa shape index (κ1) is 17.6. The zero-order valence-electron chi connectivity index (χ0n) is 12.3. The zero-order chi connectivity index (χ0) is 17.0. The number of aromatic nitrogens is 3. The second kappa shape index (κ2) is 7.68. The van der Waals surface area contributed by atoms with Gasteiger partial charge in [-0.2, -0.15) is 0 Å². The van der Waals surface area contributed by atoms with E-state index in [4.69, 9.17) is 4.74 Å². The molecule has 0 spiro atoms. The van der Waals surface area contributed by atoms with Crippen molar-refractivity contribution in [3.05, 3.63) is 32.0 Å². The van der Waals surface area contributed by atoms with Crippen LogP contribution >= 0.6 is 34.4 Å². The summed E-state index contributed by atoms with van der Waals surface area (Å²) in [4.78, 5) is 15.6. The van der Waals surface area contributed by atoms with Crippen LogP contribution in [0.3, 0.4) is 0 Å². The lowest BCUT2D eigenvalue weighted by molar-refractivity contribution is -0.131. The number of benzene rings is 1. The van der Waals surface area contributed by atoms with Gasteiger partial charge in [0.15, 0.2) is 11.5 Å². The molecule has 2 aromatic rings. The molecule has 1 aromatic carbocycles. The number of aryl methyl sites for hydroxylation is 1. The Morgan fingerprint density at radius 3 is 2.83 bits per heavy atom. The maximum atomic E-state index is 11.4. The van der Waals surface area contributed by atoms with Gasteiger partial charge in [-0.1, -0.05) is 0 Å². The van der Waals surface area contributed by atoms with E-state index in [1.54, 1.807) is 26.0 Å². The molecule has 0 saturated heterocycles. The monoisotopic (exact) mass is 447 g/mol. The molecule has 0 radical (unpaired) electrons. The summed E-state index contributed by atoms with van der Waals surface area (Å²) in [5.74, 6) is -0.124. The summed E-state index contributed by atoms with van der Waals surface area (Å²) in [7, 11) is 0. The van der Waals surface area contributed by atoms with Crippen molar-refractivity contribution in [2.75, 3.05) is 6.61 Å². The minimum absolute atomic E-state index is 0.0405. The molecule has 0 aliphatic carbocycles. The fraction of sp³-hybridized carbons (Fsp3) is 0.214. The standard InChI is InChI=1S/C14H14IN3O4S/c1-3-22-10-5-8(4-9(15)12(10)19)6-11(13(20)21)23-14-16-7(2)17-18-14/h4-6,19H,3H2,1-2H3,(H,20,21)(H,16,17,18)/b11-6-. The summed E-state index contributed by atoms with van der Waals surface area (Å²) in [6.45, 7) is 3.94. The Labute approximate surface area is 150 Å². The first-order valence-electron chi connectivity index (χ1n) is 6.57. The number of carbonyl (C=O) groups is 1. The van der Waals surface area contributed by atoms with E-state index < -0.39 is 5.97 Å². The van der Waals surface area contributed by atoms with Crippen molar-refractivity contribution in [3.63, 3.8) is 0 Å². The number of H-pyrrole nitrogens is 1. The van der Waals surface area contributed by atoms with Crippen LogP contribution in [0.1, 0.15) is 18.3 Å². The molecule has 0 saturated carbocycles. The summed E-state index contributed by atoms with van der Waals surface area (Å²) in [5.41, 5.74) is 0.604. The Morgan fingerprint density at radius 2 is 2.26 bits per heavy atom. The molecule has 0 bridgehead atoms. The molecular weight excluding hydrogens is 433 g/mol. The third-order valence-electron chi connectivity index (χ3n) is 2.64. The number of aromatic amines is 1. The highest BCUT2D eigenvalue weighted by Crippen LogP contribution is 2.34. The summed E-state index contributed by atoms with van der Waals surface area (Å²) in [6, 6.07) is 3.26. The smallest absolute Gasteiger partial charge is 0.342 e. The molecule has 0 fully saturated rings. The third kappa shape index (κ3) is 4.61. The third-order valence-corrected chi connectivity index (χ3v) is 4.34. The highest BCUT2D eigenvalue weighted by atomic mass is 127. The van der Waals surface area contributed by atoms with Crippen molar-refractivity contribution < 1.29 is 19.7 Å². The van der Waals surface area contributed by atoms with Gasteiger partial charge in [-0.05, 0) is 72.0 Å². The highest BCUT2D eigenvalue weighted by Gasteiger charge is 2.15. The van der Waals surface area contributed by atoms with E-state index in [0.29, 0.717) is 32.5 Å². The van der Waals surface area contributed by atoms with E-state index in [9.17, 15) is 15.0 Å². The Balaban J connectivity index is 2.37. The van der Waals surface area contributed by atoms with E-state index in [1.807, 2.05) is 22.6 Å². The van der Waals surface area contributed by atoms with Crippen LogP contribution in [-0.4, -0.2) is 38.0 Å². The van der Waals surface area contributed by atoms with Gasteiger partial charge >= 0.3 is 5.97 Å². The number of nitrogens with one attached hydrogen (secondary N) is 1. The van der Waals surface area contributed by atoms with Crippen LogP contribution in [0.4, 0.5) is 0 Å². The number of aliphatic carboxylic acids is 1. The number of ether oxygens (including phenoxy) is 1. The number of phenolic OH excluding ortho intramolecular Hbond substituents is 1. The second-order valence-electron chi connectivity index (χ2n) is 4.40. The highest BCUT2D eigenvalue weighted by molar-refractivity contribution is 14.1. The minimum atomic E-state index is -1.08. The summed E-state index contributed by atoms with van der Waals surface area (Å²) in [6.07, 6.45) is 1.49. The largest absolute Gasteiger partial charge is 0.504 e. The maximum Gasteiger partial charge on any atom is 0.342 e. The molecule has 1 aromatic heterocycles. The average Bonchev–Trinajstić information content (AvgIpc) is 2.89. The quantitative estimate of drug-likeness (QED) is 0.355. The topological polar surface area (TPSA) is 108 Å². The van der Waals surface area contributed by atoms with Crippen LogP contribution in [0, 0.1) is 10.5 Å². The fourth-order valence-electron chi connectivity index (χ4n) is 1.70. The maximum absolute atomic E-state index is 11.4. The number of hydrogen-bond donors (Lipinski definition) is 3. The van der Waals surface area contributed by atoms with Crippen molar-refractivity contribution >= 4 is 46.4 Å². The average molecular weight is 447 g/mol. The lowest BCUT2D eigenvalue weighted by Crippen LogP contribution is -1.98. The van der Waals surface area contributed by atoms with Gasteiger partial charge in [0.05, 0.1) is 10.2 Å². The Bertz CT molecular complexity index is 760. The molecule has 0 unspecified atom stereocenters. The molecule has 2 rings (SSSR count). The predicted molar refractivity (Wildman–Crippen MR) is 94.6 cm³/mol. The molecule has 7 nitrogen and oxygen atoms in total. The Morgan fingerprint density at radius 1 is 1.52 bits per heavy atom. The number of halogens is 1. The van der Waals surface area contributed by atoms with E-state index in [0.717, 1.165) is 11.8 Å². The molecule has 0 aliphatic rings. The minimum Gasteiger partial charge on any atom is -0.504 e. The van der Waals surface area contributed by atoms with Crippen LogP contribution in [0.15, 0.2) is 22.2 Å². The van der Waals surface area contributed by atoms with Crippen molar-refractivity contribution in [3.8, 4) is 11.5 Å². The predicted octanol–water partition coefficient (Wildman–Crippen LogP) is 3.04. The van der Waals surface area contributed by atoms with Crippen LogP contribution < -0.4 is 4.74 Å². The number of carboxylic acid groups (broad SMARTS) is 1. The fourth-order valence-corrected chi connectivity index (χ4v) is 3.07. The second-order valence-corrected chi connectivity index (χ2v) is 6.57. The van der Waals surface area contributed by atoms with E-state index >= 15 is 0 Å². The van der Waals surface area contributed by atoms with Gasteiger partial charge in [0, 0.05) is 0 Å². The van der Waals surface area contributed by atoms with Gasteiger partial charge in [-0.15, -0.1) is 5.10 Å². The van der Waals surface area contributed by atoms with Crippen molar-refractivity contribution in [1.82, 2.24) is 15.2 Å². The number of rotatable bonds is 6.